The van der Waals surface area contributed by atoms with Crippen molar-refractivity contribution in [2.24, 2.45) is 5.92 Å². The molecule has 1 aliphatic carbocycles. The van der Waals surface area contributed by atoms with Crippen LogP contribution >= 0.6 is 11.6 Å². The van der Waals surface area contributed by atoms with Gasteiger partial charge >= 0.3 is 12.2 Å². The SMILES string of the molecule is O=C1Nc2cc(Cn3nc(Cl)ccc3=O)ccc2C(C#CC2CC2)(C(F)(F)F)N1. The first-order valence-corrected chi connectivity index (χ1v) is 9.11. The summed E-state index contributed by atoms with van der Waals surface area (Å²) in [5.41, 5.74) is -2.97. The highest BCUT2D eigenvalue weighted by Gasteiger charge is 2.59. The number of anilines is 1. The summed E-state index contributed by atoms with van der Waals surface area (Å²) < 4.78 is 43.2. The quantitative estimate of drug-likeness (QED) is 0.729. The molecule has 10 heteroatoms. The van der Waals surface area contributed by atoms with E-state index in [9.17, 15) is 22.8 Å². The average Bonchev–Trinajstić information content (AvgIpc) is 3.46. The summed E-state index contributed by atoms with van der Waals surface area (Å²) in [6, 6.07) is 5.64. The summed E-state index contributed by atoms with van der Waals surface area (Å²) in [5.74, 6) is 4.82. The minimum Gasteiger partial charge on any atom is -0.310 e. The van der Waals surface area contributed by atoms with Gasteiger partial charge in [0.25, 0.3) is 5.56 Å². The number of aromatic nitrogens is 2. The monoisotopic (exact) mass is 422 g/mol. The van der Waals surface area contributed by atoms with E-state index in [4.69, 9.17) is 11.6 Å². The fraction of sp³-hybridized carbons (Fsp3) is 0.316. The van der Waals surface area contributed by atoms with Crippen LogP contribution in [0.3, 0.4) is 0 Å². The van der Waals surface area contributed by atoms with Gasteiger partial charge in [0.15, 0.2) is 0 Å². The summed E-state index contributed by atoms with van der Waals surface area (Å²) in [4.78, 5) is 23.9. The molecule has 1 atom stereocenters. The van der Waals surface area contributed by atoms with Gasteiger partial charge in [-0.05, 0) is 30.5 Å². The molecule has 29 heavy (non-hydrogen) atoms. The molecular weight excluding hydrogens is 409 g/mol. The topological polar surface area (TPSA) is 76.0 Å². The Balaban J connectivity index is 1.78. The van der Waals surface area contributed by atoms with Crippen molar-refractivity contribution < 1.29 is 18.0 Å². The molecule has 0 saturated heterocycles. The van der Waals surface area contributed by atoms with Crippen molar-refractivity contribution in [1.82, 2.24) is 15.1 Å². The molecule has 2 amide bonds. The Morgan fingerprint density at radius 1 is 1.24 bits per heavy atom. The maximum absolute atomic E-state index is 14.0. The number of urea groups is 1. The molecule has 1 aliphatic heterocycles. The van der Waals surface area contributed by atoms with Gasteiger partial charge in [-0.2, -0.15) is 18.3 Å². The second-order valence-electron chi connectivity index (χ2n) is 6.90. The molecule has 1 fully saturated rings. The van der Waals surface area contributed by atoms with Crippen LogP contribution in [-0.4, -0.2) is 22.0 Å². The lowest BCUT2D eigenvalue weighted by atomic mass is 9.85. The Morgan fingerprint density at radius 3 is 2.69 bits per heavy atom. The number of halogens is 4. The first kappa shape index (κ1) is 19.3. The molecule has 1 saturated carbocycles. The van der Waals surface area contributed by atoms with Crippen LogP contribution in [0.25, 0.3) is 0 Å². The van der Waals surface area contributed by atoms with Crippen molar-refractivity contribution in [3.63, 3.8) is 0 Å². The Morgan fingerprint density at radius 2 is 2.00 bits per heavy atom. The van der Waals surface area contributed by atoms with Gasteiger partial charge < -0.3 is 10.6 Å². The largest absolute Gasteiger partial charge is 0.427 e. The van der Waals surface area contributed by atoms with Gasteiger partial charge in [0.05, 0.1) is 6.54 Å². The van der Waals surface area contributed by atoms with E-state index in [2.05, 4.69) is 22.3 Å². The van der Waals surface area contributed by atoms with E-state index >= 15 is 0 Å². The number of fused-ring (bicyclic) bond motifs is 1. The molecule has 2 aliphatic rings. The van der Waals surface area contributed by atoms with E-state index in [0.717, 1.165) is 17.5 Å². The molecule has 2 N–H and O–H groups in total. The molecular formula is C19H14ClF3N4O2. The number of nitrogens with one attached hydrogen (secondary N) is 2. The van der Waals surface area contributed by atoms with E-state index in [1.807, 2.05) is 5.32 Å². The molecule has 150 valence electrons. The van der Waals surface area contributed by atoms with Gasteiger partial charge in [-0.15, -0.1) is 0 Å². The van der Waals surface area contributed by atoms with Gasteiger partial charge in [-0.1, -0.05) is 35.6 Å². The number of alkyl halides is 3. The molecule has 1 aromatic carbocycles. The normalized spacial score (nSPS) is 20.8. The van der Waals surface area contributed by atoms with Crippen molar-refractivity contribution in [1.29, 1.82) is 0 Å². The molecule has 2 heterocycles. The molecule has 6 nitrogen and oxygen atoms in total. The highest BCUT2D eigenvalue weighted by molar-refractivity contribution is 6.29. The van der Waals surface area contributed by atoms with Crippen LogP contribution in [0.1, 0.15) is 24.0 Å². The number of hydrogen-bond acceptors (Lipinski definition) is 3. The number of nitrogens with zero attached hydrogens (tertiary/aromatic N) is 2. The minimum absolute atomic E-state index is 0.0243. The van der Waals surface area contributed by atoms with E-state index in [1.54, 1.807) is 0 Å². The second-order valence-corrected chi connectivity index (χ2v) is 7.29. The summed E-state index contributed by atoms with van der Waals surface area (Å²) >= 11 is 5.79. The standard InChI is InChI=1S/C19H14ClF3N4O2/c20-15-5-6-16(28)27(26-15)10-12-3-4-13-14(9-12)24-17(29)25-18(13,19(21,22)23)8-7-11-1-2-11/h3-6,9,11H,1-2,10H2,(H2,24,25,29). The van der Waals surface area contributed by atoms with Crippen LogP contribution in [0.4, 0.5) is 23.7 Å². The zero-order valence-corrected chi connectivity index (χ0v) is 15.6. The first-order chi connectivity index (χ1) is 13.7. The lowest BCUT2D eigenvalue weighted by Crippen LogP contribution is -2.59. The van der Waals surface area contributed by atoms with Crippen LogP contribution < -0.4 is 16.2 Å². The van der Waals surface area contributed by atoms with Crippen LogP contribution in [0.5, 0.6) is 0 Å². The lowest BCUT2D eigenvalue weighted by Gasteiger charge is -2.37. The van der Waals surface area contributed by atoms with E-state index < -0.39 is 23.3 Å². The number of carbonyl (C=O) groups excluding carboxylic acids is 1. The van der Waals surface area contributed by atoms with E-state index in [-0.39, 0.29) is 28.9 Å². The smallest absolute Gasteiger partial charge is 0.310 e. The third-order valence-corrected chi connectivity index (χ3v) is 4.87. The van der Waals surface area contributed by atoms with Gasteiger partial charge in [-0.25, -0.2) is 9.48 Å². The number of benzene rings is 1. The Labute approximate surface area is 168 Å². The summed E-state index contributed by atoms with van der Waals surface area (Å²) in [6.45, 7) is -0.0251. The number of hydrogen-bond donors (Lipinski definition) is 2. The average molecular weight is 423 g/mol. The van der Waals surface area contributed by atoms with Gasteiger partial charge in [0, 0.05) is 23.2 Å². The van der Waals surface area contributed by atoms with Gasteiger partial charge in [0.2, 0.25) is 5.54 Å². The zero-order chi connectivity index (χ0) is 20.8. The van der Waals surface area contributed by atoms with Gasteiger partial charge in [0.1, 0.15) is 5.15 Å². The van der Waals surface area contributed by atoms with Crippen LogP contribution in [0.2, 0.25) is 5.15 Å². The summed E-state index contributed by atoms with van der Waals surface area (Å²) in [6.07, 6.45) is -3.32. The molecule has 4 rings (SSSR count). The van der Waals surface area contributed by atoms with Gasteiger partial charge in [-0.3, -0.25) is 4.79 Å². The fourth-order valence-electron chi connectivity index (χ4n) is 3.05. The molecule has 0 radical (unpaired) electrons. The van der Waals surface area contributed by atoms with Crippen molar-refractivity contribution >= 4 is 23.3 Å². The first-order valence-electron chi connectivity index (χ1n) is 8.74. The van der Waals surface area contributed by atoms with Crippen molar-refractivity contribution in [2.45, 2.75) is 31.1 Å². The molecule has 0 bridgehead atoms. The molecule has 2 aromatic rings. The van der Waals surface area contributed by atoms with Crippen molar-refractivity contribution in [3.05, 3.63) is 57.0 Å². The van der Waals surface area contributed by atoms with E-state index in [0.29, 0.717) is 5.56 Å². The van der Waals surface area contributed by atoms with Crippen molar-refractivity contribution in [2.75, 3.05) is 5.32 Å². The minimum atomic E-state index is -4.83. The van der Waals surface area contributed by atoms with Crippen LogP contribution in [-0.2, 0) is 12.1 Å². The fourth-order valence-corrected chi connectivity index (χ4v) is 3.21. The number of rotatable bonds is 2. The predicted octanol–water partition coefficient (Wildman–Crippen LogP) is 3.25. The van der Waals surface area contributed by atoms with Crippen molar-refractivity contribution in [3.8, 4) is 11.8 Å². The highest BCUT2D eigenvalue weighted by atomic mass is 35.5. The predicted molar refractivity (Wildman–Crippen MR) is 99.4 cm³/mol. The lowest BCUT2D eigenvalue weighted by molar-refractivity contribution is -0.178. The number of amides is 2. The Bertz CT molecular complexity index is 1110. The number of carbonyl (C=O) groups is 1. The summed E-state index contributed by atoms with van der Waals surface area (Å²) in [5, 5.41) is 8.34. The highest BCUT2D eigenvalue weighted by Crippen LogP contribution is 2.44. The Kier molecular flexibility index (Phi) is 4.54. The van der Waals surface area contributed by atoms with Crippen LogP contribution in [0, 0.1) is 17.8 Å². The molecule has 1 aromatic heterocycles. The van der Waals surface area contributed by atoms with E-state index in [1.165, 1.54) is 30.3 Å². The van der Waals surface area contributed by atoms with Crippen LogP contribution in [0.15, 0.2) is 35.1 Å². The third-order valence-electron chi connectivity index (χ3n) is 4.67. The third kappa shape index (κ3) is 3.68. The maximum Gasteiger partial charge on any atom is 0.427 e. The zero-order valence-electron chi connectivity index (χ0n) is 14.8. The second kappa shape index (κ2) is 6.81. The Hall–Kier alpha value is -2.99. The molecule has 1 unspecified atom stereocenters. The molecule has 0 spiro atoms. The summed E-state index contributed by atoms with van der Waals surface area (Å²) in [7, 11) is 0. The maximum atomic E-state index is 14.0.